The van der Waals surface area contributed by atoms with Gasteiger partial charge in [0, 0.05) is 0 Å². The number of hydrogen-bond donors (Lipinski definition) is 1. The van der Waals surface area contributed by atoms with Gasteiger partial charge in [-0.05, 0) is 25.3 Å². The minimum absolute atomic E-state index is 0.339. The van der Waals surface area contributed by atoms with E-state index in [1.54, 1.807) is 6.92 Å². The SMILES string of the molecule is CC/C(=C/C(C)O)Cc1ccccc1. The summed E-state index contributed by atoms with van der Waals surface area (Å²) in [4.78, 5) is 0. The maximum absolute atomic E-state index is 9.26. The molecule has 76 valence electrons. The van der Waals surface area contributed by atoms with E-state index < -0.39 is 0 Å². The van der Waals surface area contributed by atoms with E-state index in [0.29, 0.717) is 0 Å². The van der Waals surface area contributed by atoms with Crippen LogP contribution in [0.5, 0.6) is 0 Å². The van der Waals surface area contributed by atoms with Crippen LogP contribution in [0.15, 0.2) is 42.0 Å². The highest BCUT2D eigenvalue weighted by atomic mass is 16.3. The highest BCUT2D eigenvalue weighted by Gasteiger charge is 1.98. The molecular weight excluding hydrogens is 172 g/mol. The van der Waals surface area contributed by atoms with E-state index in [0.717, 1.165) is 12.8 Å². The van der Waals surface area contributed by atoms with Gasteiger partial charge in [0.05, 0.1) is 6.10 Å². The number of aliphatic hydroxyl groups is 1. The number of aliphatic hydroxyl groups excluding tert-OH is 1. The summed E-state index contributed by atoms with van der Waals surface area (Å²) in [5.41, 5.74) is 2.60. The first kappa shape index (κ1) is 11.0. The van der Waals surface area contributed by atoms with E-state index in [9.17, 15) is 5.11 Å². The molecule has 1 atom stereocenters. The van der Waals surface area contributed by atoms with Crippen molar-refractivity contribution in [3.63, 3.8) is 0 Å². The van der Waals surface area contributed by atoms with Gasteiger partial charge in [-0.25, -0.2) is 0 Å². The first-order valence-corrected chi connectivity index (χ1v) is 5.14. The highest BCUT2D eigenvalue weighted by Crippen LogP contribution is 2.11. The molecule has 1 nitrogen and oxygen atoms in total. The van der Waals surface area contributed by atoms with Crippen molar-refractivity contribution in [1.29, 1.82) is 0 Å². The molecule has 1 aromatic rings. The monoisotopic (exact) mass is 190 g/mol. The second-order valence-electron chi connectivity index (χ2n) is 3.58. The zero-order valence-electron chi connectivity index (χ0n) is 8.90. The summed E-state index contributed by atoms with van der Waals surface area (Å²) in [6.45, 7) is 3.91. The van der Waals surface area contributed by atoms with E-state index >= 15 is 0 Å². The lowest BCUT2D eigenvalue weighted by atomic mass is 10.0. The summed E-state index contributed by atoms with van der Waals surface area (Å²) < 4.78 is 0. The molecule has 0 heterocycles. The molecule has 1 heteroatoms. The summed E-state index contributed by atoms with van der Waals surface area (Å²) in [7, 11) is 0. The third-order valence-electron chi connectivity index (χ3n) is 2.21. The smallest absolute Gasteiger partial charge is 0.0695 e. The second-order valence-corrected chi connectivity index (χ2v) is 3.58. The molecule has 1 rings (SSSR count). The van der Waals surface area contributed by atoms with Gasteiger partial charge in [0.2, 0.25) is 0 Å². The fourth-order valence-corrected chi connectivity index (χ4v) is 1.50. The topological polar surface area (TPSA) is 20.2 Å². The number of rotatable bonds is 4. The molecule has 0 aliphatic carbocycles. The van der Waals surface area contributed by atoms with Gasteiger partial charge in [-0.3, -0.25) is 0 Å². The Hall–Kier alpha value is -1.08. The summed E-state index contributed by atoms with van der Waals surface area (Å²) in [6, 6.07) is 10.3. The number of allylic oxidation sites excluding steroid dienone is 1. The van der Waals surface area contributed by atoms with Crippen molar-refractivity contribution in [1.82, 2.24) is 0 Å². The largest absolute Gasteiger partial charge is 0.389 e. The standard InChI is InChI=1S/C13H18O/c1-3-12(9-11(2)14)10-13-7-5-4-6-8-13/h4-9,11,14H,3,10H2,1-2H3/b12-9-. The molecule has 0 radical (unpaired) electrons. The minimum Gasteiger partial charge on any atom is -0.389 e. The lowest BCUT2D eigenvalue weighted by Gasteiger charge is -2.06. The Morgan fingerprint density at radius 3 is 2.50 bits per heavy atom. The van der Waals surface area contributed by atoms with Crippen LogP contribution in [-0.4, -0.2) is 11.2 Å². The average molecular weight is 190 g/mol. The van der Waals surface area contributed by atoms with Crippen molar-refractivity contribution in [2.45, 2.75) is 32.8 Å². The third kappa shape index (κ3) is 3.75. The number of hydrogen-bond acceptors (Lipinski definition) is 1. The summed E-state index contributed by atoms with van der Waals surface area (Å²) in [5.74, 6) is 0. The van der Waals surface area contributed by atoms with Gasteiger partial charge in [-0.2, -0.15) is 0 Å². The first-order chi connectivity index (χ1) is 6.72. The average Bonchev–Trinajstić information content (AvgIpc) is 2.17. The van der Waals surface area contributed by atoms with Gasteiger partial charge < -0.3 is 5.11 Å². The third-order valence-corrected chi connectivity index (χ3v) is 2.21. The van der Waals surface area contributed by atoms with Crippen LogP contribution in [0.3, 0.4) is 0 Å². The molecule has 0 fully saturated rings. The Bertz CT molecular complexity index is 285. The van der Waals surface area contributed by atoms with E-state index in [1.165, 1.54) is 11.1 Å². The van der Waals surface area contributed by atoms with Crippen LogP contribution >= 0.6 is 0 Å². The molecular formula is C13H18O. The summed E-state index contributed by atoms with van der Waals surface area (Å²) in [5, 5.41) is 9.26. The predicted molar refractivity (Wildman–Crippen MR) is 60.2 cm³/mol. The molecule has 0 saturated carbocycles. The normalized spacial score (nSPS) is 14.1. The molecule has 0 bridgehead atoms. The van der Waals surface area contributed by atoms with Crippen molar-refractivity contribution < 1.29 is 5.11 Å². The maximum atomic E-state index is 9.26. The first-order valence-electron chi connectivity index (χ1n) is 5.14. The Balaban J connectivity index is 2.67. The molecule has 1 aromatic carbocycles. The van der Waals surface area contributed by atoms with Crippen LogP contribution < -0.4 is 0 Å². The van der Waals surface area contributed by atoms with Crippen LogP contribution in [0.1, 0.15) is 25.8 Å². The van der Waals surface area contributed by atoms with Crippen LogP contribution in [0.25, 0.3) is 0 Å². The zero-order chi connectivity index (χ0) is 10.4. The van der Waals surface area contributed by atoms with Crippen molar-refractivity contribution >= 4 is 0 Å². The molecule has 0 spiro atoms. The highest BCUT2D eigenvalue weighted by molar-refractivity contribution is 5.22. The van der Waals surface area contributed by atoms with Gasteiger partial charge in [0.15, 0.2) is 0 Å². The fourth-order valence-electron chi connectivity index (χ4n) is 1.50. The lowest BCUT2D eigenvalue weighted by Crippen LogP contribution is -1.98. The molecule has 0 aliphatic heterocycles. The summed E-state index contributed by atoms with van der Waals surface area (Å²) >= 11 is 0. The van der Waals surface area contributed by atoms with Crippen molar-refractivity contribution in [2.75, 3.05) is 0 Å². The van der Waals surface area contributed by atoms with Gasteiger partial charge in [-0.1, -0.05) is 48.9 Å². The molecule has 0 amide bonds. The van der Waals surface area contributed by atoms with Gasteiger partial charge in [0.1, 0.15) is 0 Å². The number of benzene rings is 1. The second kappa shape index (κ2) is 5.61. The van der Waals surface area contributed by atoms with Gasteiger partial charge >= 0.3 is 0 Å². The lowest BCUT2D eigenvalue weighted by molar-refractivity contribution is 0.243. The van der Waals surface area contributed by atoms with Gasteiger partial charge in [-0.15, -0.1) is 0 Å². The zero-order valence-corrected chi connectivity index (χ0v) is 8.90. The van der Waals surface area contributed by atoms with E-state index in [4.69, 9.17) is 0 Å². The molecule has 0 saturated heterocycles. The quantitative estimate of drug-likeness (QED) is 0.724. The van der Waals surface area contributed by atoms with Crippen molar-refractivity contribution in [3.8, 4) is 0 Å². The Morgan fingerprint density at radius 2 is 2.00 bits per heavy atom. The van der Waals surface area contributed by atoms with E-state index in [1.807, 2.05) is 24.3 Å². The van der Waals surface area contributed by atoms with E-state index in [2.05, 4.69) is 19.1 Å². The van der Waals surface area contributed by atoms with Gasteiger partial charge in [0.25, 0.3) is 0 Å². The molecule has 1 N–H and O–H groups in total. The molecule has 0 aromatic heterocycles. The van der Waals surface area contributed by atoms with Crippen LogP contribution in [0.2, 0.25) is 0 Å². The van der Waals surface area contributed by atoms with Crippen LogP contribution in [0.4, 0.5) is 0 Å². The predicted octanol–water partition coefficient (Wildman–Crippen LogP) is 2.95. The molecule has 0 aliphatic rings. The van der Waals surface area contributed by atoms with Crippen molar-refractivity contribution in [3.05, 3.63) is 47.5 Å². The van der Waals surface area contributed by atoms with Crippen LogP contribution in [-0.2, 0) is 6.42 Å². The summed E-state index contributed by atoms with van der Waals surface area (Å²) in [6.07, 6.45) is 3.54. The Morgan fingerprint density at radius 1 is 1.36 bits per heavy atom. The minimum atomic E-state index is -0.339. The van der Waals surface area contributed by atoms with Crippen molar-refractivity contribution in [2.24, 2.45) is 0 Å². The Labute approximate surface area is 86.1 Å². The fraction of sp³-hybridized carbons (Fsp3) is 0.385. The van der Waals surface area contributed by atoms with E-state index in [-0.39, 0.29) is 6.10 Å². The Kier molecular flexibility index (Phi) is 4.41. The maximum Gasteiger partial charge on any atom is 0.0695 e. The molecule has 1 unspecified atom stereocenters. The molecule has 14 heavy (non-hydrogen) atoms. The van der Waals surface area contributed by atoms with Crippen LogP contribution in [0, 0.1) is 0 Å².